The maximum Gasteiger partial charge on any atom is 0.190 e. The Bertz CT molecular complexity index is 852. The van der Waals surface area contributed by atoms with Crippen LogP contribution in [0.1, 0.15) is 6.92 Å². The number of halogens is 2. The molecule has 0 unspecified atom stereocenters. The summed E-state index contributed by atoms with van der Waals surface area (Å²) in [7, 11) is 1.68. The van der Waals surface area contributed by atoms with E-state index in [-0.39, 0.29) is 17.0 Å². The predicted molar refractivity (Wildman–Crippen MR) is 110 cm³/mol. The predicted octanol–water partition coefficient (Wildman–Crippen LogP) is 5.82. The fourth-order valence-corrected chi connectivity index (χ4v) is 3.60. The second-order valence-electron chi connectivity index (χ2n) is 4.96. The first-order chi connectivity index (χ1) is 11.2. The number of benzene rings is 2. The van der Waals surface area contributed by atoms with Gasteiger partial charge >= 0.3 is 0 Å². The van der Waals surface area contributed by atoms with Gasteiger partial charge in [0.05, 0.1) is 18.5 Å². The molecule has 0 amide bonds. The lowest BCUT2D eigenvalue weighted by molar-refractivity contribution is 0.415. The van der Waals surface area contributed by atoms with Crippen LogP contribution in [0.5, 0.6) is 5.75 Å². The van der Waals surface area contributed by atoms with E-state index in [1.165, 1.54) is 11.3 Å². The zero-order valence-corrected chi connectivity index (χ0v) is 17.5. The lowest BCUT2D eigenvalue weighted by atomic mass is 10.1. The first-order valence-electron chi connectivity index (χ1n) is 7.34. The third-order valence-corrected chi connectivity index (χ3v) is 4.94. The Balaban J connectivity index is 0.00000208. The maximum absolute atomic E-state index is 5.23. The molecular weight excluding hydrogens is 452 g/mol. The summed E-state index contributed by atoms with van der Waals surface area (Å²) in [6.45, 7) is 3.01. The SMILES string of the molecule is Br.CCn1c(-c2ccc(OC)cc2)csc1=Nc1ccc(Br)cc1. The zero-order valence-electron chi connectivity index (χ0n) is 13.4. The molecule has 0 atom stereocenters. The lowest BCUT2D eigenvalue weighted by Gasteiger charge is -2.07. The van der Waals surface area contributed by atoms with Crippen molar-refractivity contribution in [2.75, 3.05) is 7.11 Å². The van der Waals surface area contributed by atoms with Crippen molar-refractivity contribution in [1.82, 2.24) is 4.57 Å². The molecular formula is C18H18Br2N2OS. The van der Waals surface area contributed by atoms with Gasteiger partial charge in [-0.05, 0) is 61.0 Å². The summed E-state index contributed by atoms with van der Waals surface area (Å²) in [5, 5.41) is 2.16. The Morgan fingerprint density at radius 2 is 1.75 bits per heavy atom. The minimum atomic E-state index is 0. The van der Waals surface area contributed by atoms with Gasteiger partial charge in [-0.25, -0.2) is 4.99 Å². The molecule has 0 radical (unpaired) electrons. The van der Waals surface area contributed by atoms with E-state index in [1.807, 2.05) is 36.4 Å². The van der Waals surface area contributed by atoms with Crippen molar-refractivity contribution in [3.8, 4) is 17.0 Å². The molecule has 0 aliphatic rings. The van der Waals surface area contributed by atoms with Gasteiger partial charge in [-0.1, -0.05) is 15.9 Å². The molecule has 0 aliphatic carbocycles. The van der Waals surface area contributed by atoms with E-state index in [1.54, 1.807) is 18.4 Å². The van der Waals surface area contributed by atoms with Gasteiger partial charge in [0.25, 0.3) is 0 Å². The van der Waals surface area contributed by atoms with Crippen molar-refractivity contribution < 1.29 is 4.74 Å². The fourth-order valence-electron chi connectivity index (χ4n) is 2.34. The third-order valence-electron chi connectivity index (χ3n) is 3.55. The monoisotopic (exact) mass is 468 g/mol. The molecule has 126 valence electrons. The van der Waals surface area contributed by atoms with Gasteiger partial charge in [0, 0.05) is 16.4 Å². The molecule has 6 heteroatoms. The summed E-state index contributed by atoms with van der Waals surface area (Å²) in [6, 6.07) is 16.2. The van der Waals surface area contributed by atoms with Crippen LogP contribution in [0.4, 0.5) is 5.69 Å². The van der Waals surface area contributed by atoms with Gasteiger partial charge in [-0.2, -0.15) is 0 Å². The van der Waals surface area contributed by atoms with Crippen LogP contribution in [0.25, 0.3) is 11.3 Å². The summed E-state index contributed by atoms with van der Waals surface area (Å²) < 4.78 is 8.52. The number of methoxy groups -OCH3 is 1. The van der Waals surface area contributed by atoms with Crippen LogP contribution < -0.4 is 9.54 Å². The van der Waals surface area contributed by atoms with Gasteiger partial charge in [-0.3, -0.25) is 0 Å². The molecule has 0 fully saturated rings. The molecule has 0 N–H and O–H groups in total. The summed E-state index contributed by atoms with van der Waals surface area (Å²) >= 11 is 5.11. The molecule has 3 rings (SSSR count). The molecule has 0 spiro atoms. The smallest absolute Gasteiger partial charge is 0.190 e. The average molecular weight is 470 g/mol. The molecule has 1 aromatic heterocycles. The van der Waals surface area contributed by atoms with E-state index < -0.39 is 0 Å². The Labute approximate surface area is 164 Å². The summed E-state index contributed by atoms with van der Waals surface area (Å²) in [5.74, 6) is 0.867. The fraction of sp³-hybridized carbons (Fsp3) is 0.167. The van der Waals surface area contributed by atoms with Crippen LogP contribution >= 0.6 is 44.2 Å². The highest BCUT2D eigenvalue weighted by Gasteiger charge is 2.07. The van der Waals surface area contributed by atoms with Crippen LogP contribution in [0.2, 0.25) is 0 Å². The molecule has 0 bridgehead atoms. The first kappa shape index (κ1) is 19.0. The highest BCUT2D eigenvalue weighted by Crippen LogP contribution is 2.23. The van der Waals surface area contributed by atoms with Crippen molar-refractivity contribution in [3.05, 3.63) is 63.2 Å². The lowest BCUT2D eigenvalue weighted by Crippen LogP contribution is -2.14. The topological polar surface area (TPSA) is 26.5 Å². The van der Waals surface area contributed by atoms with E-state index in [9.17, 15) is 0 Å². The molecule has 3 nitrogen and oxygen atoms in total. The largest absolute Gasteiger partial charge is 0.497 e. The van der Waals surface area contributed by atoms with E-state index in [0.29, 0.717) is 0 Å². The van der Waals surface area contributed by atoms with Crippen molar-refractivity contribution >= 4 is 49.9 Å². The van der Waals surface area contributed by atoms with Crippen molar-refractivity contribution in [2.45, 2.75) is 13.5 Å². The van der Waals surface area contributed by atoms with Crippen LogP contribution in [-0.2, 0) is 6.54 Å². The Morgan fingerprint density at radius 1 is 1.08 bits per heavy atom. The Hall–Kier alpha value is -1.37. The molecule has 0 aliphatic heterocycles. The number of hydrogen-bond donors (Lipinski definition) is 0. The number of nitrogens with zero attached hydrogens (tertiary/aromatic N) is 2. The Morgan fingerprint density at radius 3 is 2.33 bits per heavy atom. The zero-order chi connectivity index (χ0) is 16.2. The summed E-state index contributed by atoms with van der Waals surface area (Å²) in [4.78, 5) is 5.77. The van der Waals surface area contributed by atoms with Crippen LogP contribution in [0.3, 0.4) is 0 Å². The van der Waals surface area contributed by atoms with Gasteiger partial charge in [-0.15, -0.1) is 28.3 Å². The van der Waals surface area contributed by atoms with E-state index in [2.05, 4.69) is 44.9 Å². The quantitative estimate of drug-likeness (QED) is 0.472. The van der Waals surface area contributed by atoms with Crippen LogP contribution in [0.15, 0.2) is 63.4 Å². The molecule has 0 saturated heterocycles. The van der Waals surface area contributed by atoms with Crippen molar-refractivity contribution in [3.63, 3.8) is 0 Å². The second-order valence-corrected chi connectivity index (χ2v) is 6.72. The number of rotatable bonds is 4. The molecule has 3 aromatic rings. The van der Waals surface area contributed by atoms with E-state index in [4.69, 9.17) is 9.73 Å². The van der Waals surface area contributed by atoms with Crippen LogP contribution in [0, 0.1) is 0 Å². The molecule has 24 heavy (non-hydrogen) atoms. The van der Waals surface area contributed by atoms with Gasteiger partial charge in [0.1, 0.15) is 5.75 Å². The summed E-state index contributed by atoms with van der Waals surface area (Å²) in [6.07, 6.45) is 0. The number of thiazole rings is 1. The Kier molecular flexibility index (Phi) is 6.83. The normalized spacial score (nSPS) is 11.2. The van der Waals surface area contributed by atoms with Gasteiger partial charge in [0.2, 0.25) is 0 Å². The third kappa shape index (κ3) is 4.18. The second kappa shape index (κ2) is 8.65. The van der Waals surface area contributed by atoms with Gasteiger partial charge < -0.3 is 9.30 Å². The standard InChI is InChI=1S/C18H17BrN2OS.BrH/c1-3-21-17(13-4-10-16(22-2)11-5-13)12-23-18(21)20-15-8-6-14(19)7-9-15;/h4-12H,3H2,1-2H3;1H. The van der Waals surface area contributed by atoms with Crippen molar-refractivity contribution in [1.29, 1.82) is 0 Å². The van der Waals surface area contributed by atoms with Crippen molar-refractivity contribution in [2.24, 2.45) is 4.99 Å². The average Bonchev–Trinajstić information content (AvgIpc) is 2.99. The number of ether oxygens (including phenoxy) is 1. The number of aromatic nitrogens is 1. The highest BCUT2D eigenvalue weighted by molar-refractivity contribution is 9.10. The summed E-state index contributed by atoms with van der Waals surface area (Å²) in [5.41, 5.74) is 3.30. The van der Waals surface area contributed by atoms with Crippen LogP contribution in [-0.4, -0.2) is 11.7 Å². The van der Waals surface area contributed by atoms with E-state index >= 15 is 0 Å². The van der Waals surface area contributed by atoms with Gasteiger partial charge in [0.15, 0.2) is 4.80 Å². The minimum absolute atomic E-state index is 0. The molecule has 1 heterocycles. The van der Waals surface area contributed by atoms with E-state index in [0.717, 1.165) is 27.3 Å². The molecule has 2 aromatic carbocycles. The minimum Gasteiger partial charge on any atom is -0.497 e. The number of hydrogen-bond acceptors (Lipinski definition) is 3. The highest BCUT2D eigenvalue weighted by atomic mass is 79.9. The molecule has 0 saturated carbocycles. The maximum atomic E-state index is 5.23. The first-order valence-corrected chi connectivity index (χ1v) is 9.01.